The van der Waals surface area contributed by atoms with Crippen LogP contribution < -0.4 is 11.1 Å². The molecule has 0 aliphatic carbocycles. The van der Waals surface area contributed by atoms with E-state index >= 15 is 0 Å². The monoisotopic (exact) mass is 229 g/mol. The van der Waals surface area contributed by atoms with Crippen LogP contribution in [0.15, 0.2) is 22.7 Å². The Kier molecular flexibility index (Phi) is 2.92. The first kappa shape index (κ1) is 11.0. The number of nitrogens with two attached hydrogens (primary N) is 1. The summed E-state index contributed by atoms with van der Waals surface area (Å²) >= 11 is 0. The molecule has 2 rings (SSSR count). The molecular formula is C11H11N5O. The van der Waals surface area contributed by atoms with E-state index in [1.54, 1.807) is 25.1 Å². The fraction of sp³-hybridized carbons (Fsp3) is 0.182. The minimum atomic E-state index is 0.424. The molecule has 0 atom stereocenters. The highest BCUT2D eigenvalue weighted by Gasteiger charge is 2.04. The summed E-state index contributed by atoms with van der Waals surface area (Å²) in [6.07, 6.45) is 0. The summed E-state index contributed by atoms with van der Waals surface area (Å²) in [6, 6.07) is 7.08. The smallest absolute Gasteiger partial charge is 0.223 e. The molecule has 6 nitrogen and oxygen atoms in total. The Morgan fingerprint density at radius 1 is 1.53 bits per heavy atom. The van der Waals surface area contributed by atoms with E-state index in [-0.39, 0.29) is 0 Å². The predicted molar refractivity (Wildman–Crippen MR) is 61.9 cm³/mol. The third-order valence-electron chi connectivity index (χ3n) is 2.19. The van der Waals surface area contributed by atoms with Crippen molar-refractivity contribution in [3.8, 4) is 6.07 Å². The number of aromatic nitrogens is 2. The lowest BCUT2D eigenvalue weighted by molar-refractivity contribution is 0.388. The number of benzene rings is 1. The highest BCUT2D eigenvalue weighted by atomic mass is 16.5. The van der Waals surface area contributed by atoms with Gasteiger partial charge in [0.2, 0.25) is 5.89 Å². The van der Waals surface area contributed by atoms with Gasteiger partial charge in [0.1, 0.15) is 0 Å². The van der Waals surface area contributed by atoms with Crippen molar-refractivity contribution in [1.82, 2.24) is 10.1 Å². The summed E-state index contributed by atoms with van der Waals surface area (Å²) in [6.45, 7) is 2.15. The molecule has 0 radical (unpaired) electrons. The fourth-order valence-corrected chi connectivity index (χ4v) is 1.38. The Morgan fingerprint density at radius 2 is 2.35 bits per heavy atom. The molecule has 1 aromatic carbocycles. The van der Waals surface area contributed by atoms with Crippen LogP contribution in [-0.4, -0.2) is 10.1 Å². The van der Waals surface area contributed by atoms with Crippen molar-refractivity contribution < 1.29 is 4.52 Å². The topological polar surface area (TPSA) is 101 Å². The number of nitrogens with one attached hydrogen (secondary N) is 1. The van der Waals surface area contributed by atoms with E-state index in [9.17, 15) is 0 Å². The number of hydrogen-bond acceptors (Lipinski definition) is 6. The number of rotatable bonds is 3. The van der Waals surface area contributed by atoms with Gasteiger partial charge in [-0.1, -0.05) is 5.16 Å². The molecule has 0 spiro atoms. The Balaban J connectivity index is 2.07. The molecule has 0 bridgehead atoms. The van der Waals surface area contributed by atoms with Crippen molar-refractivity contribution in [3.05, 3.63) is 35.5 Å². The van der Waals surface area contributed by atoms with Crippen LogP contribution in [0.5, 0.6) is 0 Å². The average molecular weight is 229 g/mol. The zero-order chi connectivity index (χ0) is 12.3. The van der Waals surface area contributed by atoms with Gasteiger partial charge < -0.3 is 15.6 Å². The molecule has 0 fully saturated rings. The van der Waals surface area contributed by atoms with Crippen LogP contribution in [0.2, 0.25) is 0 Å². The average Bonchev–Trinajstić information content (AvgIpc) is 2.73. The van der Waals surface area contributed by atoms with Crippen LogP contribution in [0.25, 0.3) is 0 Å². The van der Waals surface area contributed by atoms with E-state index in [0.29, 0.717) is 29.5 Å². The SMILES string of the molecule is Cc1nc(CNc2ccc(C#N)cc2N)no1. The largest absolute Gasteiger partial charge is 0.397 e. The van der Waals surface area contributed by atoms with Gasteiger partial charge in [0.05, 0.1) is 29.6 Å². The summed E-state index contributed by atoms with van der Waals surface area (Å²) in [7, 11) is 0. The molecule has 0 saturated carbocycles. The van der Waals surface area contributed by atoms with Gasteiger partial charge in [0.15, 0.2) is 5.82 Å². The molecule has 17 heavy (non-hydrogen) atoms. The van der Waals surface area contributed by atoms with E-state index < -0.39 is 0 Å². The number of nitrogen functional groups attached to an aromatic ring is 1. The van der Waals surface area contributed by atoms with E-state index in [2.05, 4.69) is 15.5 Å². The van der Waals surface area contributed by atoms with Crippen molar-refractivity contribution in [2.45, 2.75) is 13.5 Å². The normalized spacial score (nSPS) is 9.88. The maximum Gasteiger partial charge on any atom is 0.223 e. The number of nitrogens with zero attached hydrogens (tertiary/aromatic N) is 3. The van der Waals surface area contributed by atoms with Crippen LogP contribution >= 0.6 is 0 Å². The molecule has 0 aliphatic heterocycles. The maximum atomic E-state index is 8.71. The molecule has 86 valence electrons. The number of nitriles is 1. The molecule has 6 heteroatoms. The molecule has 3 N–H and O–H groups in total. The lowest BCUT2D eigenvalue weighted by Gasteiger charge is -2.06. The van der Waals surface area contributed by atoms with E-state index in [1.807, 2.05) is 6.07 Å². The zero-order valence-electron chi connectivity index (χ0n) is 9.27. The summed E-state index contributed by atoms with van der Waals surface area (Å²) in [5.74, 6) is 1.08. The summed E-state index contributed by atoms with van der Waals surface area (Å²) in [5.41, 5.74) is 7.58. The fourth-order valence-electron chi connectivity index (χ4n) is 1.38. The zero-order valence-corrected chi connectivity index (χ0v) is 9.27. The lowest BCUT2D eigenvalue weighted by Crippen LogP contribution is -2.04. The van der Waals surface area contributed by atoms with Gasteiger partial charge in [0.25, 0.3) is 0 Å². The minimum Gasteiger partial charge on any atom is -0.397 e. The second-order valence-electron chi connectivity index (χ2n) is 3.50. The third kappa shape index (κ3) is 2.52. The van der Waals surface area contributed by atoms with Crippen molar-refractivity contribution in [1.29, 1.82) is 5.26 Å². The maximum absolute atomic E-state index is 8.71. The van der Waals surface area contributed by atoms with Crippen LogP contribution in [0.3, 0.4) is 0 Å². The number of anilines is 2. The highest BCUT2D eigenvalue weighted by molar-refractivity contribution is 5.68. The van der Waals surface area contributed by atoms with Gasteiger partial charge in [-0.2, -0.15) is 10.2 Å². The quantitative estimate of drug-likeness (QED) is 0.772. The molecular weight excluding hydrogens is 218 g/mol. The van der Waals surface area contributed by atoms with Crippen LogP contribution in [-0.2, 0) is 6.54 Å². The first-order valence-electron chi connectivity index (χ1n) is 5.01. The molecule has 0 saturated heterocycles. The van der Waals surface area contributed by atoms with Crippen molar-refractivity contribution in [3.63, 3.8) is 0 Å². The summed E-state index contributed by atoms with van der Waals surface area (Å²) < 4.78 is 4.84. The second kappa shape index (κ2) is 4.53. The highest BCUT2D eigenvalue weighted by Crippen LogP contribution is 2.19. The van der Waals surface area contributed by atoms with Gasteiger partial charge >= 0.3 is 0 Å². The van der Waals surface area contributed by atoms with Crippen LogP contribution in [0, 0.1) is 18.3 Å². The number of aryl methyl sites for hydroxylation is 1. The second-order valence-corrected chi connectivity index (χ2v) is 3.50. The first-order chi connectivity index (χ1) is 8.19. The molecule has 2 aromatic rings. The first-order valence-corrected chi connectivity index (χ1v) is 5.01. The lowest BCUT2D eigenvalue weighted by atomic mass is 10.2. The van der Waals surface area contributed by atoms with Crippen LogP contribution in [0.1, 0.15) is 17.3 Å². The van der Waals surface area contributed by atoms with Gasteiger partial charge in [-0.05, 0) is 18.2 Å². The van der Waals surface area contributed by atoms with Crippen molar-refractivity contribution in [2.75, 3.05) is 11.1 Å². The Morgan fingerprint density at radius 3 is 2.94 bits per heavy atom. The van der Waals surface area contributed by atoms with Crippen molar-refractivity contribution >= 4 is 11.4 Å². The van der Waals surface area contributed by atoms with Gasteiger partial charge in [-0.25, -0.2) is 0 Å². The molecule has 1 aromatic heterocycles. The summed E-state index contributed by atoms with van der Waals surface area (Å²) in [5, 5.41) is 15.5. The predicted octanol–water partition coefficient (Wildman–Crippen LogP) is 1.44. The summed E-state index contributed by atoms with van der Waals surface area (Å²) in [4.78, 5) is 4.06. The Labute approximate surface area is 98.1 Å². The van der Waals surface area contributed by atoms with E-state index in [4.69, 9.17) is 15.5 Å². The van der Waals surface area contributed by atoms with E-state index in [1.165, 1.54) is 0 Å². The Hall–Kier alpha value is -2.55. The van der Waals surface area contributed by atoms with Gasteiger partial charge in [0, 0.05) is 6.92 Å². The molecule has 0 unspecified atom stereocenters. The van der Waals surface area contributed by atoms with Crippen molar-refractivity contribution in [2.24, 2.45) is 0 Å². The molecule has 0 amide bonds. The minimum absolute atomic E-state index is 0.424. The van der Waals surface area contributed by atoms with E-state index in [0.717, 1.165) is 5.69 Å². The standard InChI is InChI=1S/C11H11N5O/c1-7-15-11(16-17-7)6-14-10-3-2-8(5-12)4-9(10)13/h2-4,14H,6,13H2,1H3. The molecule has 0 aliphatic rings. The molecule has 1 heterocycles. The number of hydrogen-bond donors (Lipinski definition) is 2. The third-order valence-corrected chi connectivity index (χ3v) is 2.19. The Bertz CT molecular complexity index is 569. The van der Waals surface area contributed by atoms with Gasteiger partial charge in [-0.3, -0.25) is 0 Å². The van der Waals surface area contributed by atoms with Gasteiger partial charge in [-0.15, -0.1) is 0 Å². The van der Waals surface area contributed by atoms with Crippen LogP contribution in [0.4, 0.5) is 11.4 Å².